The molecular formula is C15H20ClN3O. The van der Waals surface area contributed by atoms with Crippen molar-refractivity contribution in [3.05, 3.63) is 46.2 Å². The zero-order valence-corrected chi connectivity index (χ0v) is 12.7. The summed E-state index contributed by atoms with van der Waals surface area (Å²) in [5, 5.41) is 5.09. The van der Waals surface area contributed by atoms with Gasteiger partial charge in [-0.3, -0.25) is 4.68 Å². The molecule has 0 saturated carbocycles. The summed E-state index contributed by atoms with van der Waals surface area (Å²) in [5.41, 5.74) is 8.75. The van der Waals surface area contributed by atoms with Crippen LogP contribution < -0.4 is 10.5 Å². The van der Waals surface area contributed by atoms with Gasteiger partial charge >= 0.3 is 0 Å². The summed E-state index contributed by atoms with van der Waals surface area (Å²) in [5.74, 6) is 0.665. The fourth-order valence-electron chi connectivity index (χ4n) is 2.10. The second kappa shape index (κ2) is 6.77. The number of aromatic nitrogens is 2. The highest BCUT2D eigenvalue weighted by Crippen LogP contribution is 2.29. The van der Waals surface area contributed by atoms with Gasteiger partial charge in [0, 0.05) is 18.7 Å². The molecule has 0 saturated heterocycles. The molecule has 1 aromatic carbocycles. The standard InChI is InChI=1S/C15H20ClN3O/c1-3-12-8-13(19(4-2)18-12)10-20-15-11(9-17)6-5-7-14(15)16/h5-8H,3-4,9-10,17H2,1-2H3. The Balaban J connectivity index is 2.18. The summed E-state index contributed by atoms with van der Waals surface area (Å²) in [6.07, 6.45) is 0.917. The lowest BCUT2D eigenvalue weighted by Crippen LogP contribution is -2.08. The van der Waals surface area contributed by atoms with Crippen molar-refractivity contribution in [1.29, 1.82) is 0 Å². The molecule has 0 atom stereocenters. The lowest BCUT2D eigenvalue weighted by molar-refractivity contribution is 0.290. The third-order valence-corrected chi connectivity index (χ3v) is 3.51. The van der Waals surface area contributed by atoms with Crippen LogP contribution in [0.1, 0.15) is 30.8 Å². The van der Waals surface area contributed by atoms with Crippen molar-refractivity contribution in [1.82, 2.24) is 9.78 Å². The van der Waals surface area contributed by atoms with Gasteiger partial charge in [0.2, 0.25) is 0 Å². The van der Waals surface area contributed by atoms with E-state index >= 15 is 0 Å². The van der Waals surface area contributed by atoms with Crippen LogP contribution in [0.5, 0.6) is 5.75 Å². The van der Waals surface area contributed by atoms with Gasteiger partial charge in [-0.05, 0) is 25.5 Å². The predicted octanol–water partition coefficient (Wildman–Crippen LogP) is 3.16. The topological polar surface area (TPSA) is 53.1 Å². The number of benzene rings is 1. The Morgan fingerprint density at radius 3 is 2.80 bits per heavy atom. The second-order valence-corrected chi connectivity index (χ2v) is 4.92. The van der Waals surface area contributed by atoms with Crippen LogP contribution >= 0.6 is 11.6 Å². The summed E-state index contributed by atoms with van der Waals surface area (Å²) in [7, 11) is 0. The predicted molar refractivity (Wildman–Crippen MR) is 81.0 cm³/mol. The molecule has 2 N–H and O–H groups in total. The number of nitrogens with zero attached hydrogens (tertiary/aromatic N) is 2. The summed E-state index contributed by atoms with van der Waals surface area (Å²) in [4.78, 5) is 0. The molecule has 4 nitrogen and oxygen atoms in total. The third-order valence-electron chi connectivity index (χ3n) is 3.21. The smallest absolute Gasteiger partial charge is 0.142 e. The van der Waals surface area contributed by atoms with Gasteiger partial charge in [0.25, 0.3) is 0 Å². The minimum absolute atomic E-state index is 0.406. The molecular weight excluding hydrogens is 274 g/mol. The van der Waals surface area contributed by atoms with Gasteiger partial charge in [0.1, 0.15) is 12.4 Å². The molecule has 0 aliphatic rings. The van der Waals surface area contributed by atoms with Crippen LogP contribution in [0.15, 0.2) is 24.3 Å². The SMILES string of the molecule is CCc1cc(COc2c(Cl)cccc2CN)n(CC)n1. The van der Waals surface area contributed by atoms with Crippen molar-refractivity contribution >= 4 is 11.6 Å². The van der Waals surface area contributed by atoms with Crippen LogP contribution in [0.25, 0.3) is 0 Å². The molecule has 0 aliphatic carbocycles. The van der Waals surface area contributed by atoms with Crippen LogP contribution in [0.2, 0.25) is 5.02 Å². The van der Waals surface area contributed by atoms with Crippen molar-refractivity contribution in [2.45, 2.75) is 40.0 Å². The first-order chi connectivity index (χ1) is 9.69. The number of ether oxygens (including phenoxy) is 1. The van der Waals surface area contributed by atoms with Gasteiger partial charge < -0.3 is 10.5 Å². The Kier molecular flexibility index (Phi) is 5.04. The second-order valence-electron chi connectivity index (χ2n) is 4.52. The first kappa shape index (κ1) is 14.9. The van der Waals surface area contributed by atoms with Crippen molar-refractivity contribution < 1.29 is 4.74 Å². The Morgan fingerprint density at radius 2 is 2.15 bits per heavy atom. The van der Waals surface area contributed by atoms with Gasteiger partial charge in [0.15, 0.2) is 0 Å². The van der Waals surface area contributed by atoms with E-state index < -0.39 is 0 Å². The fourth-order valence-corrected chi connectivity index (χ4v) is 2.35. The summed E-state index contributed by atoms with van der Waals surface area (Å²) < 4.78 is 7.83. The van der Waals surface area contributed by atoms with E-state index in [9.17, 15) is 0 Å². The normalized spacial score (nSPS) is 10.8. The summed E-state index contributed by atoms with van der Waals surface area (Å²) in [6.45, 7) is 5.83. The number of para-hydroxylation sites is 1. The first-order valence-corrected chi connectivity index (χ1v) is 7.23. The molecule has 20 heavy (non-hydrogen) atoms. The molecule has 2 rings (SSSR count). The number of nitrogens with two attached hydrogens (primary N) is 1. The van der Waals surface area contributed by atoms with E-state index in [2.05, 4.69) is 25.0 Å². The number of hydrogen-bond acceptors (Lipinski definition) is 3. The first-order valence-electron chi connectivity index (χ1n) is 6.85. The largest absolute Gasteiger partial charge is 0.485 e. The van der Waals surface area contributed by atoms with E-state index in [-0.39, 0.29) is 0 Å². The highest BCUT2D eigenvalue weighted by atomic mass is 35.5. The van der Waals surface area contributed by atoms with Crippen LogP contribution in [-0.4, -0.2) is 9.78 Å². The van der Waals surface area contributed by atoms with Gasteiger partial charge in [-0.1, -0.05) is 30.7 Å². The van der Waals surface area contributed by atoms with Crippen LogP contribution in [0.3, 0.4) is 0 Å². The van der Waals surface area contributed by atoms with Crippen LogP contribution in [0.4, 0.5) is 0 Å². The number of hydrogen-bond donors (Lipinski definition) is 1. The van der Waals surface area contributed by atoms with E-state index in [1.54, 1.807) is 0 Å². The Hall–Kier alpha value is -1.52. The average Bonchev–Trinajstić information content (AvgIpc) is 2.88. The highest BCUT2D eigenvalue weighted by Gasteiger charge is 2.10. The summed E-state index contributed by atoms with van der Waals surface area (Å²) in [6, 6.07) is 7.69. The fraction of sp³-hybridized carbons (Fsp3) is 0.400. The van der Waals surface area contributed by atoms with E-state index in [4.69, 9.17) is 22.1 Å². The third kappa shape index (κ3) is 3.14. The molecule has 0 bridgehead atoms. The van der Waals surface area contributed by atoms with Crippen molar-refractivity contribution in [3.63, 3.8) is 0 Å². The molecule has 0 unspecified atom stereocenters. The maximum absolute atomic E-state index is 6.18. The molecule has 1 aromatic heterocycles. The van der Waals surface area contributed by atoms with Crippen LogP contribution in [0, 0.1) is 0 Å². The van der Waals surface area contributed by atoms with Crippen molar-refractivity contribution in [2.24, 2.45) is 5.73 Å². The molecule has 0 spiro atoms. The Labute approximate surface area is 124 Å². The quantitative estimate of drug-likeness (QED) is 0.890. The Morgan fingerprint density at radius 1 is 1.35 bits per heavy atom. The van der Waals surface area contributed by atoms with E-state index in [1.165, 1.54) is 0 Å². The minimum Gasteiger partial charge on any atom is -0.485 e. The highest BCUT2D eigenvalue weighted by molar-refractivity contribution is 6.32. The monoisotopic (exact) mass is 293 g/mol. The van der Waals surface area contributed by atoms with Gasteiger partial charge in [-0.25, -0.2) is 0 Å². The average molecular weight is 294 g/mol. The van der Waals surface area contributed by atoms with Gasteiger partial charge in [-0.15, -0.1) is 0 Å². The van der Waals surface area contributed by atoms with Crippen LogP contribution in [-0.2, 0) is 26.1 Å². The minimum atomic E-state index is 0.406. The van der Waals surface area contributed by atoms with E-state index in [0.29, 0.717) is 23.9 Å². The van der Waals surface area contributed by atoms with Gasteiger partial charge in [0.05, 0.1) is 16.4 Å². The molecule has 0 aliphatic heterocycles. The maximum Gasteiger partial charge on any atom is 0.142 e. The molecule has 108 valence electrons. The Bertz CT molecular complexity index is 580. The van der Waals surface area contributed by atoms with Crippen molar-refractivity contribution in [2.75, 3.05) is 0 Å². The van der Waals surface area contributed by atoms with E-state index in [0.717, 1.165) is 29.9 Å². The number of halogens is 1. The number of aryl methyl sites for hydroxylation is 2. The zero-order chi connectivity index (χ0) is 14.5. The zero-order valence-electron chi connectivity index (χ0n) is 11.9. The summed E-state index contributed by atoms with van der Waals surface area (Å²) >= 11 is 6.18. The lowest BCUT2D eigenvalue weighted by Gasteiger charge is -2.12. The van der Waals surface area contributed by atoms with Crippen molar-refractivity contribution in [3.8, 4) is 5.75 Å². The number of rotatable bonds is 6. The van der Waals surface area contributed by atoms with Gasteiger partial charge in [-0.2, -0.15) is 5.10 Å². The molecule has 0 fully saturated rings. The maximum atomic E-state index is 6.18. The van der Waals surface area contributed by atoms with E-state index in [1.807, 2.05) is 22.9 Å². The molecule has 1 heterocycles. The molecule has 0 amide bonds. The molecule has 0 radical (unpaired) electrons. The lowest BCUT2D eigenvalue weighted by atomic mass is 10.2. The molecule has 5 heteroatoms. The molecule has 2 aromatic rings.